The van der Waals surface area contributed by atoms with Crippen molar-refractivity contribution < 1.29 is 0 Å². The second-order valence-corrected chi connectivity index (χ2v) is 8.68. The third-order valence-electron chi connectivity index (χ3n) is 2.51. The van der Waals surface area contributed by atoms with Crippen LogP contribution in [-0.4, -0.2) is 19.0 Å². The van der Waals surface area contributed by atoms with Crippen LogP contribution in [0.1, 0.15) is 40.0 Å². The second kappa shape index (κ2) is 5.07. The molecule has 0 amide bonds. The Hall–Kier alpha value is 0.230. The van der Waals surface area contributed by atoms with Crippen molar-refractivity contribution in [2.75, 3.05) is 13.3 Å². The minimum Gasteiger partial charge on any atom is -0.319 e. The van der Waals surface area contributed by atoms with Crippen LogP contribution in [0.15, 0.2) is 0 Å². The fourth-order valence-corrected chi connectivity index (χ4v) is 1.97. The van der Waals surface area contributed by atoms with Gasteiger partial charge in [0, 0.05) is 0 Å². The van der Waals surface area contributed by atoms with Crippen molar-refractivity contribution in [2.45, 2.75) is 45.7 Å². The van der Waals surface area contributed by atoms with Crippen molar-refractivity contribution in [1.82, 2.24) is 0 Å². The van der Waals surface area contributed by atoms with Crippen molar-refractivity contribution in [1.29, 1.82) is 5.16 Å². The third-order valence-corrected chi connectivity index (χ3v) is 4.97. The van der Waals surface area contributed by atoms with Crippen molar-refractivity contribution in [2.24, 2.45) is 5.92 Å². The van der Waals surface area contributed by atoms with Gasteiger partial charge >= 0.3 is 0 Å². The normalized spacial score (nSPS) is 15.2. The second-order valence-electron chi connectivity index (χ2n) is 4.71. The highest BCUT2D eigenvalue weighted by molar-refractivity contribution is 7.64. The molecule has 1 unspecified atom stereocenters. The molecule has 1 nitrogen and oxygen atoms in total. The Morgan fingerprint density at radius 2 is 1.58 bits per heavy atom. The average molecular weight is 189 g/mol. The zero-order valence-electron chi connectivity index (χ0n) is 9.22. The van der Waals surface area contributed by atoms with E-state index in [1.165, 1.54) is 19.3 Å². The number of nitrogens with one attached hydrogen (secondary N) is 1. The van der Waals surface area contributed by atoms with Crippen LogP contribution in [0.5, 0.6) is 0 Å². The molecule has 12 heavy (non-hydrogen) atoms. The summed E-state index contributed by atoms with van der Waals surface area (Å²) >= 11 is 0. The lowest BCUT2D eigenvalue weighted by molar-refractivity contribution is 0.536. The fraction of sp³-hybridized carbons (Fsp3) is 1.00. The predicted molar refractivity (Wildman–Crippen MR) is 59.6 cm³/mol. The van der Waals surface area contributed by atoms with Crippen LogP contribution in [-0.2, 0) is 0 Å². The van der Waals surface area contributed by atoms with Crippen LogP contribution in [0.2, 0.25) is 0 Å². The van der Waals surface area contributed by atoms with Crippen LogP contribution in [0.3, 0.4) is 0 Å². The Balaban J connectivity index is 3.59. The van der Waals surface area contributed by atoms with Gasteiger partial charge in [0.2, 0.25) is 0 Å². The summed E-state index contributed by atoms with van der Waals surface area (Å²) in [7, 11) is -1.32. The van der Waals surface area contributed by atoms with Gasteiger partial charge in [-0.1, -0.05) is 33.6 Å². The molecule has 0 aromatic heterocycles. The Labute approximate surface area is 77.8 Å². The number of hydrogen-bond acceptors (Lipinski definition) is 1. The SMILES string of the molecule is CC(C)CCCC(C)P(C)(C)=N. The Bertz CT molecular complexity index is 157. The highest BCUT2D eigenvalue weighted by Gasteiger charge is 2.12. The molecule has 2 heteroatoms. The number of rotatable bonds is 5. The molecule has 0 radical (unpaired) electrons. The van der Waals surface area contributed by atoms with Crippen LogP contribution >= 0.6 is 7.05 Å². The molecule has 0 fully saturated rings. The predicted octanol–water partition coefficient (Wildman–Crippen LogP) is 4.24. The first-order valence-electron chi connectivity index (χ1n) is 4.92. The molecule has 0 aromatic carbocycles. The first-order valence-corrected chi connectivity index (χ1v) is 7.68. The van der Waals surface area contributed by atoms with Crippen molar-refractivity contribution in [3.63, 3.8) is 0 Å². The average Bonchev–Trinajstić information content (AvgIpc) is 1.84. The van der Waals surface area contributed by atoms with Gasteiger partial charge in [-0.25, -0.2) is 0 Å². The smallest absolute Gasteiger partial charge is 0.00956 e. The van der Waals surface area contributed by atoms with E-state index in [9.17, 15) is 0 Å². The summed E-state index contributed by atoms with van der Waals surface area (Å²) in [6.07, 6.45) is 3.88. The molecule has 0 aromatic rings. The van der Waals surface area contributed by atoms with E-state index in [0.29, 0.717) is 5.66 Å². The largest absolute Gasteiger partial charge is 0.319 e. The third kappa shape index (κ3) is 5.83. The van der Waals surface area contributed by atoms with Gasteiger partial charge in [0.1, 0.15) is 0 Å². The van der Waals surface area contributed by atoms with Gasteiger partial charge in [-0.3, -0.25) is 0 Å². The van der Waals surface area contributed by atoms with Gasteiger partial charge in [0.25, 0.3) is 0 Å². The molecule has 0 spiro atoms. The maximum absolute atomic E-state index is 7.93. The van der Waals surface area contributed by atoms with E-state index in [4.69, 9.17) is 5.16 Å². The van der Waals surface area contributed by atoms with E-state index < -0.39 is 7.05 Å². The minimum atomic E-state index is -1.32. The Morgan fingerprint density at radius 3 is 1.92 bits per heavy atom. The quantitative estimate of drug-likeness (QED) is 0.625. The molecule has 0 saturated carbocycles. The Kier molecular flexibility index (Phi) is 5.16. The van der Waals surface area contributed by atoms with E-state index in [-0.39, 0.29) is 0 Å². The summed E-state index contributed by atoms with van der Waals surface area (Å²) in [5.41, 5.74) is 0.635. The summed E-state index contributed by atoms with van der Waals surface area (Å²) in [6, 6.07) is 0. The van der Waals surface area contributed by atoms with Gasteiger partial charge < -0.3 is 5.16 Å². The zero-order valence-corrected chi connectivity index (χ0v) is 10.1. The summed E-state index contributed by atoms with van der Waals surface area (Å²) in [5.74, 6) is 0.823. The van der Waals surface area contributed by atoms with Gasteiger partial charge in [-0.05, 0) is 38.4 Å². The van der Waals surface area contributed by atoms with Crippen molar-refractivity contribution >= 4 is 7.05 Å². The molecule has 0 aliphatic heterocycles. The van der Waals surface area contributed by atoms with E-state index in [0.717, 1.165) is 5.92 Å². The molecule has 74 valence electrons. The molecule has 1 N–H and O–H groups in total. The van der Waals surface area contributed by atoms with E-state index >= 15 is 0 Å². The lowest BCUT2D eigenvalue weighted by Gasteiger charge is -2.20. The lowest BCUT2D eigenvalue weighted by atomic mass is 10.1. The van der Waals surface area contributed by atoms with Crippen molar-refractivity contribution in [3.05, 3.63) is 0 Å². The standard InChI is InChI=1S/C10H24NP/c1-9(2)7-6-8-10(3)12(4,5)11/h9-11H,6-8H2,1-5H3. The lowest BCUT2D eigenvalue weighted by Crippen LogP contribution is -2.02. The zero-order chi connectivity index (χ0) is 9.78. The highest BCUT2D eigenvalue weighted by Crippen LogP contribution is 2.45. The molecule has 0 aliphatic rings. The van der Waals surface area contributed by atoms with Gasteiger partial charge in [0.15, 0.2) is 0 Å². The summed E-state index contributed by atoms with van der Waals surface area (Å²) in [6.45, 7) is 11.0. The first kappa shape index (κ1) is 12.2. The molecule has 0 rings (SSSR count). The van der Waals surface area contributed by atoms with Crippen molar-refractivity contribution in [3.8, 4) is 0 Å². The fourth-order valence-electron chi connectivity index (χ4n) is 1.14. The molecular weight excluding hydrogens is 165 g/mol. The first-order chi connectivity index (χ1) is 5.34. The Morgan fingerprint density at radius 1 is 1.08 bits per heavy atom. The maximum atomic E-state index is 7.93. The topological polar surface area (TPSA) is 23.9 Å². The van der Waals surface area contributed by atoms with Crippen LogP contribution in [0.4, 0.5) is 0 Å². The summed E-state index contributed by atoms with van der Waals surface area (Å²) < 4.78 is 0. The number of hydrogen-bond donors (Lipinski definition) is 1. The summed E-state index contributed by atoms with van der Waals surface area (Å²) in [4.78, 5) is 0. The maximum Gasteiger partial charge on any atom is -0.00956 e. The molecule has 1 atom stereocenters. The highest BCUT2D eigenvalue weighted by atomic mass is 31.2. The van der Waals surface area contributed by atoms with E-state index in [1.54, 1.807) is 0 Å². The monoisotopic (exact) mass is 189 g/mol. The summed E-state index contributed by atoms with van der Waals surface area (Å²) in [5, 5.41) is 7.93. The molecule has 0 aliphatic carbocycles. The molecular formula is C10H24NP. The molecule has 0 saturated heterocycles. The minimum absolute atomic E-state index is 0.635. The molecule has 0 heterocycles. The van der Waals surface area contributed by atoms with Crippen LogP contribution < -0.4 is 0 Å². The van der Waals surface area contributed by atoms with Crippen LogP contribution in [0.25, 0.3) is 0 Å². The van der Waals surface area contributed by atoms with Gasteiger partial charge in [-0.2, -0.15) is 0 Å². The van der Waals surface area contributed by atoms with E-state index in [1.807, 2.05) is 0 Å². The van der Waals surface area contributed by atoms with Crippen LogP contribution in [0, 0.1) is 11.1 Å². The van der Waals surface area contributed by atoms with Gasteiger partial charge in [0.05, 0.1) is 0 Å². The van der Waals surface area contributed by atoms with Gasteiger partial charge in [-0.15, -0.1) is 0 Å². The van der Waals surface area contributed by atoms with E-state index in [2.05, 4.69) is 34.1 Å². The molecule has 0 bridgehead atoms.